The number of benzene rings is 1. The van der Waals surface area contributed by atoms with Crippen molar-refractivity contribution in [1.29, 1.82) is 0 Å². The monoisotopic (exact) mass is 312 g/mol. The minimum atomic E-state index is -0.128. The third-order valence-electron chi connectivity index (χ3n) is 3.48. The van der Waals surface area contributed by atoms with Crippen LogP contribution in [0, 0.1) is 0 Å². The molecule has 2 aromatic heterocycles. The predicted octanol–water partition coefficient (Wildman–Crippen LogP) is 2.59. The van der Waals surface area contributed by atoms with Gasteiger partial charge in [0.25, 0.3) is 5.56 Å². The normalized spacial score (nSPS) is 11.0. The Labute approximate surface area is 133 Å². The zero-order valence-electron chi connectivity index (χ0n) is 13.2. The van der Waals surface area contributed by atoms with Crippen LogP contribution in [0.3, 0.4) is 0 Å². The van der Waals surface area contributed by atoms with E-state index in [2.05, 4.69) is 9.97 Å². The van der Waals surface area contributed by atoms with Crippen LogP contribution in [0.2, 0.25) is 0 Å². The van der Waals surface area contributed by atoms with Gasteiger partial charge < -0.3 is 9.47 Å². The molecule has 1 N–H and O–H groups in total. The maximum absolute atomic E-state index is 12.7. The van der Waals surface area contributed by atoms with Crippen molar-refractivity contribution in [3.05, 3.63) is 53.1 Å². The highest BCUT2D eigenvalue weighted by Crippen LogP contribution is 2.25. The SMILES string of the molecule is COc1cccc(Oc2nc3c[nH+]ccc3c(=O)n2C(C)C)c1. The van der Waals surface area contributed by atoms with Crippen molar-refractivity contribution in [3.8, 4) is 17.5 Å². The van der Waals surface area contributed by atoms with Gasteiger partial charge in [-0.25, -0.2) is 4.98 Å². The van der Waals surface area contributed by atoms with Crippen molar-refractivity contribution in [2.75, 3.05) is 7.11 Å². The van der Waals surface area contributed by atoms with Gasteiger partial charge in [0.2, 0.25) is 0 Å². The first-order chi connectivity index (χ1) is 11.1. The van der Waals surface area contributed by atoms with E-state index in [0.717, 1.165) is 0 Å². The summed E-state index contributed by atoms with van der Waals surface area (Å²) in [5.41, 5.74) is 0.434. The molecule has 0 aliphatic rings. The second-order valence-corrected chi connectivity index (χ2v) is 5.39. The summed E-state index contributed by atoms with van der Waals surface area (Å²) in [6.07, 6.45) is 3.39. The third kappa shape index (κ3) is 2.88. The largest absolute Gasteiger partial charge is 0.497 e. The van der Waals surface area contributed by atoms with Gasteiger partial charge in [-0.05, 0) is 26.0 Å². The van der Waals surface area contributed by atoms with Crippen LogP contribution in [0.1, 0.15) is 19.9 Å². The second-order valence-electron chi connectivity index (χ2n) is 5.39. The number of H-pyrrole nitrogens is 1. The first kappa shape index (κ1) is 15.0. The van der Waals surface area contributed by atoms with Crippen molar-refractivity contribution < 1.29 is 14.5 Å². The summed E-state index contributed by atoms with van der Waals surface area (Å²) in [5.74, 6) is 1.24. The van der Waals surface area contributed by atoms with Gasteiger partial charge in [-0.15, -0.1) is 0 Å². The molecule has 0 bridgehead atoms. The molecule has 0 aliphatic carbocycles. The van der Waals surface area contributed by atoms with E-state index in [4.69, 9.17) is 9.47 Å². The highest BCUT2D eigenvalue weighted by Gasteiger charge is 2.16. The summed E-state index contributed by atoms with van der Waals surface area (Å²) in [6, 6.07) is 9.08. The van der Waals surface area contributed by atoms with E-state index >= 15 is 0 Å². The molecule has 0 atom stereocenters. The molecule has 0 amide bonds. The lowest BCUT2D eigenvalue weighted by molar-refractivity contribution is -0.376. The Hall–Kier alpha value is -2.89. The van der Waals surface area contributed by atoms with Crippen LogP contribution in [0.25, 0.3) is 10.9 Å². The fourth-order valence-corrected chi connectivity index (χ4v) is 2.37. The summed E-state index contributed by atoms with van der Waals surface area (Å²) in [7, 11) is 1.59. The van der Waals surface area contributed by atoms with Gasteiger partial charge in [0, 0.05) is 18.2 Å². The van der Waals surface area contributed by atoms with Crippen LogP contribution in [-0.4, -0.2) is 16.7 Å². The van der Waals surface area contributed by atoms with Crippen molar-refractivity contribution in [2.45, 2.75) is 19.9 Å². The van der Waals surface area contributed by atoms with E-state index < -0.39 is 0 Å². The zero-order valence-corrected chi connectivity index (χ0v) is 13.2. The van der Waals surface area contributed by atoms with Gasteiger partial charge in [-0.3, -0.25) is 9.36 Å². The summed E-state index contributed by atoms with van der Waals surface area (Å²) in [5, 5.41) is 0.551. The molecule has 0 unspecified atom stereocenters. The minimum absolute atomic E-state index is 0.0795. The first-order valence-electron chi connectivity index (χ1n) is 7.34. The molecule has 6 nitrogen and oxygen atoms in total. The van der Waals surface area contributed by atoms with Crippen molar-refractivity contribution in [2.24, 2.45) is 0 Å². The molecule has 0 saturated heterocycles. The maximum Gasteiger partial charge on any atom is 0.305 e. The molecule has 0 saturated carbocycles. The Morgan fingerprint density at radius 3 is 2.74 bits per heavy atom. The molecule has 0 radical (unpaired) electrons. The molecule has 3 rings (SSSR count). The predicted molar refractivity (Wildman–Crippen MR) is 86.0 cm³/mol. The van der Waals surface area contributed by atoms with Gasteiger partial charge >= 0.3 is 6.01 Å². The Morgan fingerprint density at radius 1 is 1.22 bits per heavy atom. The van der Waals surface area contributed by atoms with Crippen LogP contribution >= 0.6 is 0 Å². The van der Waals surface area contributed by atoms with E-state index in [1.54, 1.807) is 42.3 Å². The van der Waals surface area contributed by atoms with Crippen LogP contribution in [0.15, 0.2) is 47.5 Å². The van der Waals surface area contributed by atoms with Crippen LogP contribution in [0.4, 0.5) is 0 Å². The fourth-order valence-electron chi connectivity index (χ4n) is 2.37. The van der Waals surface area contributed by atoms with Gasteiger partial charge in [-0.1, -0.05) is 6.07 Å². The topological polar surface area (TPSA) is 67.5 Å². The molecular formula is C17H18N3O3+. The lowest BCUT2D eigenvalue weighted by Crippen LogP contribution is -2.25. The molecule has 0 aliphatic heterocycles. The Balaban J connectivity index is 2.15. The summed E-state index contributed by atoms with van der Waals surface area (Å²) in [4.78, 5) is 20.1. The van der Waals surface area contributed by atoms with E-state index in [1.165, 1.54) is 0 Å². The van der Waals surface area contributed by atoms with E-state index in [-0.39, 0.29) is 17.6 Å². The number of ether oxygens (including phenoxy) is 2. The molecule has 23 heavy (non-hydrogen) atoms. The number of hydrogen-bond acceptors (Lipinski definition) is 4. The highest BCUT2D eigenvalue weighted by atomic mass is 16.5. The number of methoxy groups -OCH3 is 1. The fraction of sp³-hybridized carbons (Fsp3) is 0.235. The number of aromatic nitrogens is 3. The maximum atomic E-state index is 12.7. The summed E-state index contributed by atoms with van der Waals surface area (Å²) >= 11 is 0. The van der Waals surface area contributed by atoms with E-state index in [0.29, 0.717) is 22.4 Å². The van der Waals surface area contributed by atoms with E-state index in [9.17, 15) is 4.79 Å². The average molecular weight is 312 g/mol. The number of pyridine rings is 1. The lowest BCUT2D eigenvalue weighted by Gasteiger charge is -2.16. The standard InChI is InChI=1S/C17H17N3O3/c1-11(2)20-16(21)14-7-8-18-10-15(14)19-17(20)23-13-6-4-5-12(9-13)22-3/h4-11H,1-3H3/p+1. The molecule has 0 spiro atoms. The number of hydrogen-bond donors (Lipinski definition) is 0. The molecule has 1 aromatic carbocycles. The zero-order chi connectivity index (χ0) is 16.4. The Kier molecular flexibility index (Phi) is 3.97. The van der Waals surface area contributed by atoms with Crippen LogP contribution in [-0.2, 0) is 0 Å². The second kappa shape index (κ2) is 6.08. The van der Waals surface area contributed by atoms with Crippen LogP contribution in [0.5, 0.6) is 17.5 Å². The first-order valence-corrected chi connectivity index (χ1v) is 7.34. The van der Waals surface area contributed by atoms with Crippen molar-refractivity contribution in [3.63, 3.8) is 0 Å². The minimum Gasteiger partial charge on any atom is -0.497 e. The average Bonchev–Trinajstić information content (AvgIpc) is 2.55. The van der Waals surface area contributed by atoms with Gasteiger partial charge in [0.05, 0.1) is 12.5 Å². The van der Waals surface area contributed by atoms with E-state index in [1.807, 2.05) is 26.0 Å². The summed E-state index contributed by atoms with van der Waals surface area (Å²) in [6.45, 7) is 3.84. The summed E-state index contributed by atoms with van der Waals surface area (Å²) < 4.78 is 12.6. The number of nitrogens with one attached hydrogen (secondary N) is 1. The quantitative estimate of drug-likeness (QED) is 0.742. The molecule has 2 heterocycles. The smallest absolute Gasteiger partial charge is 0.305 e. The Morgan fingerprint density at radius 2 is 2.00 bits per heavy atom. The number of nitrogens with zero attached hydrogens (tertiary/aromatic N) is 2. The highest BCUT2D eigenvalue weighted by molar-refractivity contribution is 5.75. The molecule has 118 valence electrons. The van der Waals surface area contributed by atoms with Gasteiger partial charge in [0.1, 0.15) is 17.0 Å². The third-order valence-corrected chi connectivity index (χ3v) is 3.48. The van der Waals surface area contributed by atoms with Gasteiger partial charge in [-0.2, -0.15) is 4.98 Å². The number of fused-ring (bicyclic) bond motifs is 1. The Bertz CT molecular complexity index is 903. The van der Waals surface area contributed by atoms with Crippen molar-refractivity contribution >= 4 is 10.9 Å². The van der Waals surface area contributed by atoms with Crippen molar-refractivity contribution in [1.82, 2.24) is 9.55 Å². The number of rotatable bonds is 4. The van der Waals surface area contributed by atoms with Gasteiger partial charge in [0.15, 0.2) is 12.4 Å². The lowest BCUT2D eigenvalue weighted by atomic mass is 10.3. The molecule has 0 fully saturated rings. The molecule has 6 heteroatoms. The van der Waals surface area contributed by atoms with Crippen LogP contribution < -0.4 is 20.0 Å². The molecule has 3 aromatic rings. The molecular weight excluding hydrogens is 294 g/mol. The number of aromatic amines is 1.